The Morgan fingerprint density at radius 3 is 2.66 bits per heavy atom. The third kappa shape index (κ3) is 4.93. The zero-order valence-electron chi connectivity index (χ0n) is 15.4. The van der Waals surface area contributed by atoms with Crippen molar-refractivity contribution >= 4 is 46.3 Å². The quantitative estimate of drug-likeness (QED) is 0.309. The van der Waals surface area contributed by atoms with E-state index in [4.69, 9.17) is 32.9 Å². The van der Waals surface area contributed by atoms with Crippen molar-refractivity contribution in [3.05, 3.63) is 75.5 Å². The van der Waals surface area contributed by atoms with Gasteiger partial charge >= 0.3 is 0 Å². The summed E-state index contributed by atoms with van der Waals surface area (Å²) in [6.07, 6.45) is 0. The van der Waals surface area contributed by atoms with Crippen LogP contribution in [0.5, 0.6) is 5.75 Å². The summed E-state index contributed by atoms with van der Waals surface area (Å²) in [5, 5.41) is 13.6. The highest BCUT2D eigenvalue weighted by Gasteiger charge is 2.12. The van der Waals surface area contributed by atoms with Crippen molar-refractivity contribution in [3.8, 4) is 16.3 Å². The minimum Gasteiger partial charge on any atom is -0.484 e. The van der Waals surface area contributed by atoms with Crippen molar-refractivity contribution in [1.29, 1.82) is 0 Å². The van der Waals surface area contributed by atoms with Gasteiger partial charge in [0.25, 0.3) is 0 Å². The second-order valence-electron chi connectivity index (χ2n) is 6.12. The Morgan fingerprint density at radius 2 is 1.86 bits per heavy atom. The van der Waals surface area contributed by atoms with Gasteiger partial charge in [0.15, 0.2) is 11.0 Å². The highest BCUT2D eigenvalue weighted by Crippen LogP contribution is 2.29. The number of thiazole rings is 1. The van der Waals surface area contributed by atoms with E-state index in [9.17, 15) is 0 Å². The fourth-order valence-corrected chi connectivity index (χ4v) is 4.61. The Morgan fingerprint density at radius 1 is 1.07 bits per heavy atom. The topological polar surface area (TPSA) is 52.8 Å². The molecule has 0 aliphatic rings. The molecule has 29 heavy (non-hydrogen) atoms. The maximum Gasteiger partial charge on any atom is 0.191 e. The molecule has 0 spiro atoms. The summed E-state index contributed by atoms with van der Waals surface area (Å²) >= 11 is 15.3. The summed E-state index contributed by atoms with van der Waals surface area (Å²) in [6.45, 7) is 0.297. The lowest BCUT2D eigenvalue weighted by Crippen LogP contribution is -2.04. The molecule has 0 aliphatic carbocycles. The number of hydrogen-bond donors (Lipinski definition) is 0. The number of hydrogen-bond acceptors (Lipinski definition) is 6. The highest BCUT2D eigenvalue weighted by molar-refractivity contribution is 7.98. The number of halogens is 2. The summed E-state index contributed by atoms with van der Waals surface area (Å²) in [5.74, 6) is 2.07. The van der Waals surface area contributed by atoms with E-state index in [1.807, 2.05) is 54.1 Å². The lowest BCUT2D eigenvalue weighted by atomic mass is 10.2. The van der Waals surface area contributed by atoms with Crippen molar-refractivity contribution < 1.29 is 4.74 Å². The lowest BCUT2D eigenvalue weighted by Gasteiger charge is -2.07. The Bertz CT molecular complexity index is 1110. The molecule has 2 heterocycles. The molecule has 2 aromatic carbocycles. The predicted molar refractivity (Wildman–Crippen MR) is 119 cm³/mol. The average molecular weight is 463 g/mol. The Labute approximate surface area is 186 Å². The van der Waals surface area contributed by atoms with E-state index in [2.05, 4.69) is 15.6 Å². The van der Waals surface area contributed by atoms with E-state index < -0.39 is 0 Å². The molecule has 0 saturated carbocycles. The van der Waals surface area contributed by atoms with E-state index in [0.29, 0.717) is 23.1 Å². The molecule has 0 atom stereocenters. The number of benzene rings is 2. The van der Waals surface area contributed by atoms with Crippen LogP contribution in [0.3, 0.4) is 0 Å². The van der Waals surface area contributed by atoms with E-state index in [0.717, 1.165) is 32.3 Å². The van der Waals surface area contributed by atoms with Gasteiger partial charge in [-0.25, -0.2) is 4.98 Å². The van der Waals surface area contributed by atoms with E-state index >= 15 is 0 Å². The molecule has 0 fully saturated rings. The van der Waals surface area contributed by atoms with Crippen molar-refractivity contribution in [1.82, 2.24) is 19.7 Å². The van der Waals surface area contributed by atoms with Gasteiger partial charge in [0.1, 0.15) is 17.4 Å². The first-order valence-electron chi connectivity index (χ1n) is 8.69. The molecule has 9 heteroatoms. The smallest absolute Gasteiger partial charge is 0.191 e. The molecule has 2 aromatic heterocycles. The zero-order chi connectivity index (χ0) is 20.2. The fourth-order valence-electron chi connectivity index (χ4n) is 2.54. The molecule has 4 rings (SSSR count). The number of nitrogens with zero attached hydrogens (tertiary/aromatic N) is 4. The summed E-state index contributed by atoms with van der Waals surface area (Å²) in [6, 6.07) is 15.1. The average Bonchev–Trinajstić information content (AvgIpc) is 3.33. The third-order valence-corrected chi connectivity index (χ3v) is 6.67. The van der Waals surface area contributed by atoms with Gasteiger partial charge in [0, 0.05) is 28.8 Å². The van der Waals surface area contributed by atoms with E-state index in [-0.39, 0.29) is 0 Å². The summed E-state index contributed by atoms with van der Waals surface area (Å²) < 4.78 is 7.68. The first-order chi connectivity index (χ1) is 14.1. The number of rotatable bonds is 7. The van der Waals surface area contributed by atoms with Crippen LogP contribution in [0.2, 0.25) is 10.0 Å². The van der Waals surface area contributed by atoms with Gasteiger partial charge in [-0.1, -0.05) is 59.2 Å². The second-order valence-corrected chi connectivity index (χ2v) is 8.76. The lowest BCUT2D eigenvalue weighted by molar-refractivity contribution is 0.290. The van der Waals surface area contributed by atoms with Crippen LogP contribution < -0.4 is 4.74 Å². The van der Waals surface area contributed by atoms with Crippen molar-refractivity contribution in [3.63, 3.8) is 0 Å². The van der Waals surface area contributed by atoms with Crippen molar-refractivity contribution in [2.75, 3.05) is 0 Å². The summed E-state index contributed by atoms with van der Waals surface area (Å²) in [5.41, 5.74) is 2.06. The molecule has 148 valence electrons. The minimum atomic E-state index is 0.297. The normalized spacial score (nSPS) is 11.0. The maximum absolute atomic E-state index is 6.12. The SMILES string of the molecule is Cn1c(COc2ccccc2Cl)nnc1SCc1csc(-c2ccc(Cl)cc2)n1. The van der Waals surface area contributed by atoms with Gasteiger partial charge in [-0.2, -0.15) is 0 Å². The van der Waals surface area contributed by atoms with Gasteiger partial charge in [0.05, 0.1) is 10.7 Å². The molecule has 0 aliphatic heterocycles. The van der Waals surface area contributed by atoms with E-state index in [1.54, 1.807) is 29.2 Å². The van der Waals surface area contributed by atoms with Crippen LogP contribution >= 0.6 is 46.3 Å². The standard InChI is InChI=1S/C20H16Cl2N4OS2/c1-26-18(10-27-17-5-3-2-4-16(17)22)24-25-20(26)29-12-15-11-28-19(23-15)13-6-8-14(21)9-7-13/h2-9,11H,10,12H2,1H3. The monoisotopic (exact) mass is 462 g/mol. The molecular formula is C20H16Cl2N4OS2. The van der Waals surface area contributed by atoms with Gasteiger partial charge in [-0.15, -0.1) is 21.5 Å². The first kappa shape index (κ1) is 20.2. The van der Waals surface area contributed by atoms with Gasteiger partial charge in [0.2, 0.25) is 0 Å². The maximum atomic E-state index is 6.12. The fraction of sp³-hybridized carbons (Fsp3) is 0.150. The molecule has 0 unspecified atom stereocenters. The highest BCUT2D eigenvalue weighted by atomic mass is 35.5. The predicted octanol–water partition coefficient (Wildman–Crippen LogP) is 6.12. The van der Waals surface area contributed by atoms with Crippen LogP contribution in [0, 0.1) is 0 Å². The molecule has 0 N–H and O–H groups in total. The summed E-state index contributed by atoms with van der Waals surface area (Å²) in [7, 11) is 1.92. The number of ether oxygens (including phenoxy) is 1. The van der Waals surface area contributed by atoms with Crippen LogP contribution in [-0.2, 0) is 19.4 Å². The van der Waals surface area contributed by atoms with Crippen molar-refractivity contribution in [2.45, 2.75) is 17.5 Å². The first-order valence-corrected chi connectivity index (χ1v) is 11.3. The van der Waals surface area contributed by atoms with Crippen LogP contribution in [0.4, 0.5) is 0 Å². The Hall–Kier alpha value is -2.06. The van der Waals surface area contributed by atoms with Crippen molar-refractivity contribution in [2.24, 2.45) is 7.05 Å². The second kappa shape index (κ2) is 9.17. The number of para-hydroxylation sites is 1. The molecule has 0 bridgehead atoms. The van der Waals surface area contributed by atoms with Gasteiger partial charge in [-0.3, -0.25) is 0 Å². The van der Waals surface area contributed by atoms with Crippen LogP contribution in [0.1, 0.15) is 11.5 Å². The summed E-state index contributed by atoms with van der Waals surface area (Å²) in [4.78, 5) is 4.71. The van der Waals surface area contributed by atoms with Crippen LogP contribution in [-0.4, -0.2) is 19.7 Å². The minimum absolute atomic E-state index is 0.297. The largest absolute Gasteiger partial charge is 0.484 e. The molecule has 0 radical (unpaired) electrons. The molecule has 5 nitrogen and oxygen atoms in total. The molecule has 0 amide bonds. The molecular weight excluding hydrogens is 447 g/mol. The zero-order valence-corrected chi connectivity index (χ0v) is 18.5. The Kier molecular flexibility index (Phi) is 6.40. The molecule has 4 aromatic rings. The van der Waals surface area contributed by atoms with Crippen LogP contribution in [0.25, 0.3) is 10.6 Å². The third-order valence-electron chi connectivity index (χ3n) is 4.11. The Balaban J connectivity index is 1.37. The van der Waals surface area contributed by atoms with Gasteiger partial charge < -0.3 is 9.30 Å². The number of aromatic nitrogens is 4. The van der Waals surface area contributed by atoms with E-state index in [1.165, 1.54) is 0 Å². The van der Waals surface area contributed by atoms with Crippen LogP contribution in [0.15, 0.2) is 59.1 Å². The molecule has 0 saturated heterocycles. The number of thioether (sulfide) groups is 1. The van der Waals surface area contributed by atoms with Gasteiger partial charge in [-0.05, 0) is 24.3 Å².